The molecule has 2 N–H and O–H groups in total. The largest absolute Gasteiger partial charge is 0.478 e. The first-order valence-corrected chi connectivity index (χ1v) is 7.10. The maximum Gasteiger partial charge on any atom is 0.336 e. The van der Waals surface area contributed by atoms with Crippen LogP contribution in [0.25, 0.3) is 0 Å². The minimum atomic E-state index is -1.17. The van der Waals surface area contributed by atoms with Crippen LogP contribution in [0.1, 0.15) is 49.5 Å². The Morgan fingerprint density at radius 1 is 1.38 bits per heavy atom. The smallest absolute Gasteiger partial charge is 0.336 e. The van der Waals surface area contributed by atoms with Gasteiger partial charge >= 0.3 is 5.97 Å². The Morgan fingerprint density at radius 2 is 1.95 bits per heavy atom. The number of hydrogen-bond donors (Lipinski definition) is 2. The number of aromatic carboxylic acids is 1. The van der Waals surface area contributed by atoms with Crippen molar-refractivity contribution in [1.29, 1.82) is 0 Å². The van der Waals surface area contributed by atoms with Crippen LogP contribution in [0, 0.1) is 23.0 Å². The summed E-state index contributed by atoms with van der Waals surface area (Å²) in [6.07, 6.45) is 1.98. The fourth-order valence-electron chi connectivity index (χ4n) is 2.52. The lowest BCUT2D eigenvalue weighted by Crippen LogP contribution is -2.25. The molecule has 0 fully saturated rings. The van der Waals surface area contributed by atoms with Gasteiger partial charge in [-0.15, -0.1) is 0 Å². The molecule has 0 heterocycles. The molecule has 0 amide bonds. The van der Waals surface area contributed by atoms with Crippen LogP contribution in [-0.4, -0.2) is 22.0 Å². The van der Waals surface area contributed by atoms with Crippen LogP contribution in [0.15, 0.2) is 12.1 Å². The molecule has 0 aliphatic heterocycles. The van der Waals surface area contributed by atoms with Crippen molar-refractivity contribution < 1.29 is 14.8 Å². The lowest BCUT2D eigenvalue weighted by Gasteiger charge is -2.24. The van der Waals surface area contributed by atoms with E-state index in [-0.39, 0.29) is 17.3 Å². The zero-order valence-corrected chi connectivity index (χ0v) is 12.8. The van der Waals surface area contributed by atoms with Crippen LogP contribution in [-0.2, 0) is 0 Å². The Hall–Kier alpha value is -2.11. The van der Waals surface area contributed by atoms with E-state index in [1.807, 2.05) is 6.92 Å². The van der Waals surface area contributed by atoms with Gasteiger partial charge in [-0.25, -0.2) is 4.79 Å². The van der Waals surface area contributed by atoms with Gasteiger partial charge < -0.3 is 10.4 Å². The fourth-order valence-corrected chi connectivity index (χ4v) is 2.52. The minimum absolute atomic E-state index is 0.0773. The van der Waals surface area contributed by atoms with Gasteiger partial charge in [0.25, 0.3) is 5.69 Å². The van der Waals surface area contributed by atoms with Gasteiger partial charge in [0.2, 0.25) is 0 Å². The van der Waals surface area contributed by atoms with Crippen LogP contribution in [0.5, 0.6) is 0 Å². The second kappa shape index (κ2) is 7.06. The van der Waals surface area contributed by atoms with Crippen molar-refractivity contribution in [3.63, 3.8) is 0 Å². The lowest BCUT2D eigenvalue weighted by molar-refractivity contribution is -0.385. The second-order valence-electron chi connectivity index (χ2n) is 5.24. The van der Waals surface area contributed by atoms with E-state index in [1.165, 1.54) is 6.07 Å². The third kappa shape index (κ3) is 3.93. The molecule has 0 bridgehead atoms. The van der Waals surface area contributed by atoms with E-state index in [9.17, 15) is 14.9 Å². The summed E-state index contributed by atoms with van der Waals surface area (Å²) in [5.74, 6) is -0.742. The normalized spacial score (nSPS) is 12.2. The Morgan fingerprint density at radius 3 is 2.38 bits per heavy atom. The fraction of sp³-hybridized carbons (Fsp3) is 0.533. The number of nitrogens with one attached hydrogen (secondary N) is 1. The summed E-state index contributed by atoms with van der Waals surface area (Å²) in [6.45, 7) is 7.83. The number of anilines is 1. The Balaban J connectivity index is 3.22. The summed E-state index contributed by atoms with van der Waals surface area (Å²) in [5, 5.41) is 23.4. The number of nitro benzene ring substituents is 1. The molecule has 0 spiro atoms. The van der Waals surface area contributed by atoms with Crippen molar-refractivity contribution in [3.05, 3.63) is 33.4 Å². The predicted molar refractivity (Wildman–Crippen MR) is 81.9 cm³/mol. The molecule has 21 heavy (non-hydrogen) atoms. The van der Waals surface area contributed by atoms with E-state index in [1.54, 1.807) is 6.92 Å². The summed E-state index contributed by atoms with van der Waals surface area (Å²) in [6, 6.07) is 2.68. The summed E-state index contributed by atoms with van der Waals surface area (Å²) in [7, 11) is 0. The zero-order valence-electron chi connectivity index (χ0n) is 12.8. The molecule has 1 aromatic rings. The summed E-state index contributed by atoms with van der Waals surface area (Å²) in [5.41, 5.74) is 0.726. The van der Waals surface area contributed by atoms with E-state index in [0.717, 1.165) is 18.9 Å². The van der Waals surface area contributed by atoms with Crippen molar-refractivity contribution >= 4 is 17.3 Å². The quantitative estimate of drug-likeness (QED) is 0.588. The summed E-state index contributed by atoms with van der Waals surface area (Å²) >= 11 is 0. The molecule has 6 heteroatoms. The van der Waals surface area contributed by atoms with E-state index < -0.39 is 10.9 Å². The Labute approximate surface area is 124 Å². The number of nitro groups is 1. The number of carbonyl (C=O) groups is 1. The molecule has 0 aliphatic rings. The SMILES string of the molecule is CCC(CC)C(C)Nc1cc(C(=O)O)cc([N+](=O)[O-])c1C. The van der Waals surface area contributed by atoms with Gasteiger partial charge in [0.1, 0.15) is 0 Å². The first-order valence-electron chi connectivity index (χ1n) is 7.10. The topological polar surface area (TPSA) is 92.5 Å². The van der Waals surface area contributed by atoms with E-state index >= 15 is 0 Å². The molecule has 1 rings (SSSR count). The maximum atomic E-state index is 11.1. The molecular weight excluding hydrogens is 272 g/mol. The number of carboxylic acids is 1. The van der Waals surface area contributed by atoms with E-state index in [0.29, 0.717) is 17.2 Å². The van der Waals surface area contributed by atoms with Crippen LogP contribution in [0.3, 0.4) is 0 Å². The van der Waals surface area contributed by atoms with Crippen molar-refractivity contribution in [3.8, 4) is 0 Å². The molecule has 0 aromatic heterocycles. The van der Waals surface area contributed by atoms with E-state index in [2.05, 4.69) is 19.2 Å². The average molecular weight is 294 g/mol. The highest BCUT2D eigenvalue weighted by Gasteiger charge is 2.21. The number of hydrogen-bond acceptors (Lipinski definition) is 4. The minimum Gasteiger partial charge on any atom is -0.478 e. The second-order valence-corrected chi connectivity index (χ2v) is 5.24. The highest BCUT2D eigenvalue weighted by molar-refractivity contribution is 5.90. The van der Waals surface area contributed by atoms with Crippen molar-refractivity contribution in [2.24, 2.45) is 5.92 Å². The van der Waals surface area contributed by atoms with Gasteiger partial charge in [-0.1, -0.05) is 26.7 Å². The molecule has 116 valence electrons. The lowest BCUT2D eigenvalue weighted by atomic mass is 9.95. The predicted octanol–water partition coefficient (Wildman–Crippen LogP) is 3.84. The number of rotatable bonds is 7. The highest BCUT2D eigenvalue weighted by Crippen LogP contribution is 2.29. The van der Waals surface area contributed by atoms with Crippen LogP contribution < -0.4 is 5.32 Å². The van der Waals surface area contributed by atoms with Crippen molar-refractivity contribution in [2.75, 3.05) is 5.32 Å². The standard InChI is InChI=1S/C15H22N2O4/c1-5-11(6-2)10(4)16-13-7-12(15(18)19)8-14(9(13)3)17(20)21/h7-8,10-11,16H,5-6H2,1-4H3,(H,18,19). The van der Waals surface area contributed by atoms with Gasteiger partial charge in [-0.3, -0.25) is 10.1 Å². The molecule has 1 aromatic carbocycles. The Bertz CT molecular complexity index is 539. The molecule has 1 unspecified atom stereocenters. The third-order valence-electron chi connectivity index (χ3n) is 3.96. The van der Waals surface area contributed by atoms with E-state index in [4.69, 9.17) is 5.11 Å². The number of carboxylic acid groups (broad SMARTS) is 1. The summed E-state index contributed by atoms with van der Waals surface area (Å²) < 4.78 is 0. The van der Waals surface area contributed by atoms with Gasteiger partial charge in [-0.05, 0) is 25.8 Å². The molecule has 0 saturated heterocycles. The van der Waals surface area contributed by atoms with Crippen molar-refractivity contribution in [2.45, 2.75) is 46.6 Å². The number of nitrogens with zero attached hydrogens (tertiary/aromatic N) is 1. The average Bonchev–Trinajstić information content (AvgIpc) is 2.41. The van der Waals surface area contributed by atoms with Gasteiger partial charge in [0, 0.05) is 23.4 Å². The molecular formula is C15H22N2O4. The van der Waals surface area contributed by atoms with Crippen LogP contribution >= 0.6 is 0 Å². The molecule has 0 radical (unpaired) electrons. The zero-order chi connectivity index (χ0) is 16.2. The molecule has 6 nitrogen and oxygen atoms in total. The highest BCUT2D eigenvalue weighted by atomic mass is 16.6. The maximum absolute atomic E-state index is 11.1. The third-order valence-corrected chi connectivity index (χ3v) is 3.96. The monoisotopic (exact) mass is 294 g/mol. The summed E-state index contributed by atoms with van der Waals surface area (Å²) in [4.78, 5) is 21.6. The first kappa shape index (κ1) is 16.9. The molecule has 0 saturated carbocycles. The van der Waals surface area contributed by atoms with Gasteiger partial charge in [0.15, 0.2) is 0 Å². The van der Waals surface area contributed by atoms with Gasteiger partial charge in [0.05, 0.1) is 10.5 Å². The van der Waals surface area contributed by atoms with Crippen molar-refractivity contribution in [1.82, 2.24) is 0 Å². The molecule has 0 aliphatic carbocycles. The van der Waals surface area contributed by atoms with Gasteiger partial charge in [-0.2, -0.15) is 0 Å². The number of benzene rings is 1. The Kier molecular flexibility index (Phi) is 5.69. The van der Waals surface area contributed by atoms with Crippen LogP contribution in [0.4, 0.5) is 11.4 Å². The molecule has 1 atom stereocenters. The first-order chi connectivity index (χ1) is 9.81. The van der Waals surface area contributed by atoms with Crippen LogP contribution in [0.2, 0.25) is 0 Å².